The lowest BCUT2D eigenvalue weighted by molar-refractivity contribution is 0.0692. The van der Waals surface area contributed by atoms with Gasteiger partial charge < -0.3 is 10.8 Å². The normalized spacial score (nSPS) is 10.5. The lowest BCUT2D eigenvalue weighted by Gasteiger charge is -1.98. The molecule has 4 nitrogen and oxygen atoms in total. The van der Waals surface area contributed by atoms with Crippen molar-refractivity contribution in [3.63, 3.8) is 0 Å². The van der Waals surface area contributed by atoms with E-state index in [-0.39, 0.29) is 10.7 Å². The lowest BCUT2D eigenvalue weighted by Crippen LogP contribution is -2.00. The van der Waals surface area contributed by atoms with E-state index >= 15 is 0 Å². The Morgan fingerprint density at radius 3 is 2.76 bits per heavy atom. The SMILES string of the molecule is Nc1sc(-c2ccc(I)c(Cl)c2)nc1C(=O)O. The summed E-state index contributed by atoms with van der Waals surface area (Å²) in [6, 6.07) is 5.42. The standard InChI is InChI=1S/C10H6ClIN2O2S/c11-5-3-4(1-2-6(5)12)9-14-7(10(15)16)8(13)17-9/h1-3H,13H2,(H,15,16). The van der Waals surface area contributed by atoms with E-state index in [1.165, 1.54) is 0 Å². The summed E-state index contributed by atoms with van der Waals surface area (Å²) in [6.45, 7) is 0. The minimum atomic E-state index is -1.12. The minimum absolute atomic E-state index is 0.111. The molecule has 0 fully saturated rings. The molecule has 0 aliphatic heterocycles. The summed E-state index contributed by atoms with van der Waals surface area (Å²) in [4.78, 5) is 14.8. The molecule has 0 saturated heterocycles. The Hall–Kier alpha value is -0.860. The number of nitrogen functional groups attached to an aromatic ring is 1. The van der Waals surface area contributed by atoms with Gasteiger partial charge in [-0.2, -0.15) is 0 Å². The number of hydrogen-bond acceptors (Lipinski definition) is 4. The van der Waals surface area contributed by atoms with Gasteiger partial charge in [-0.15, -0.1) is 0 Å². The number of hydrogen-bond donors (Lipinski definition) is 2. The first-order chi connectivity index (χ1) is 7.99. The van der Waals surface area contributed by atoms with Crippen LogP contribution in [0, 0.1) is 3.57 Å². The van der Waals surface area contributed by atoms with Gasteiger partial charge in [0, 0.05) is 9.13 Å². The molecule has 17 heavy (non-hydrogen) atoms. The maximum Gasteiger partial charge on any atom is 0.357 e. The summed E-state index contributed by atoms with van der Waals surface area (Å²) in [5.74, 6) is -1.12. The molecule has 3 N–H and O–H groups in total. The average molecular weight is 381 g/mol. The van der Waals surface area contributed by atoms with Crippen LogP contribution in [0.25, 0.3) is 10.6 Å². The smallest absolute Gasteiger partial charge is 0.357 e. The number of aromatic carboxylic acids is 1. The Balaban J connectivity index is 2.50. The Bertz CT molecular complexity index is 600. The van der Waals surface area contributed by atoms with Gasteiger partial charge in [-0.3, -0.25) is 0 Å². The highest BCUT2D eigenvalue weighted by molar-refractivity contribution is 14.1. The molecule has 0 atom stereocenters. The molecule has 1 aromatic carbocycles. The van der Waals surface area contributed by atoms with Crippen molar-refractivity contribution in [3.8, 4) is 10.6 Å². The van der Waals surface area contributed by atoms with Crippen molar-refractivity contribution in [2.45, 2.75) is 0 Å². The van der Waals surface area contributed by atoms with E-state index in [9.17, 15) is 4.79 Å². The van der Waals surface area contributed by atoms with Crippen LogP contribution in [0.4, 0.5) is 5.00 Å². The first kappa shape index (κ1) is 12.6. The van der Waals surface area contributed by atoms with E-state index < -0.39 is 5.97 Å². The molecule has 0 aliphatic carbocycles. The summed E-state index contributed by atoms with van der Waals surface area (Å²) in [7, 11) is 0. The molecular formula is C10H6ClIN2O2S. The molecule has 1 heterocycles. The number of carbonyl (C=O) groups is 1. The van der Waals surface area contributed by atoms with Gasteiger partial charge in [-0.05, 0) is 34.7 Å². The Labute approximate surface area is 120 Å². The van der Waals surface area contributed by atoms with Gasteiger partial charge in [-0.1, -0.05) is 29.0 Å². The Kier molecular flexibility index (Phi) is 3.55. The van der Waals surface area contributed by atoms with E-state index in [0.717, 1.165) is 20.5 Å². The third-order valence-electron chi connectivity index (χ3n) is 2.02. The number of carboxylic acids is 1. The number of halogens is 2. The quantitative estimate of drug-likeness (QED) is 0.784. The van der Waals surface area contributed by atoms with Gasteiger partial charge in [0.2, 0.25) is 0 Å². The van der Waals surface area contributed by atoms with Crippen molar-refractivity contribution < 1.29 is 9.90 Å². The van der Waals surface area contributed by atoms with Crippen molar-refractivity contribution in [2.75, 3.05) is 5.73 Å². The number of nitrogens with two attached hydrogens (primary N) is 1. The maximum atomic E-state index is 10.8. The first-order valence-electron chi connectivity index (χ1n) is 4.44. The second kappa shape index (κ2) is 4.79. The summed E-state index contributed by atoms with van der Waals surface area (Å²) in [6.07, 6.45) is 0. The molecule has 0 amide bonds. The number of anilines is 1. The molecule has 7 heteroatoms. The molecule has 0 radical (unpaired) electrons. The predicted molar refractivity (Wildman–Crippen MR) is 76.6 cm³/mol. The molecule has 0 bridgehead atoms. The summed E-state index contributed by atoms with van der Waals surface area (Å²) in [5, 5.41) is 10.2. The molecule has 0 unspecified atom stereocenters. The Morgan fingerprint density at radius 2 is 2.24 bits per heavy atom. The van der Waals surface area contributed by atoms with Crippen molar-refractivity contribution >= 4 is 56.5 Å². The fourth-order valence-electron chi connectivity index (χ4n) is 1.24. The third kappa shape index (κ3) is 2.53. The van der Waals surface area contributed by atoms with Gasteiger partial charge in [0.25, 0.3) is 0 Å². The monoisotopic (exact) mass is 380 g/mol. The second-order valence-corrected chi connectivity index (χ2v) is 5.77. The third-order valence-corrected chi connectivity index (χ3v) is 4.53. The van der Waals surface area contributed by atoms with Gasteiger partial charge in [0.1, 0.15) is 10.0 Å². The zero-order valence-corrected chi connectivity index (χ0v) is 12.0. The highest BCUT2D eigenvalue weighted by Gasteiger charge is 2.16. The maximum absolute atomic E-state index is 10.8. The number of benzene rings is 1. The average Bonchev–Trinajstić information content (AvgIpc) is 2.64. The molecule has 2 aromatic rings. The van der Waals surface area contributed by atoms with Gasteiger partial charge in [-0.25, -0.2) is 9.78 Å². The van der Waals surface area contributed by atoms with Crippen molar-refractivity contribution in [1.29, 1.82) is 0 Å². The van der Waals surface area contributed by atoms with E-state index in [1.54, 1.807) is 6.07 Å². The largest absolute Gasteiger partial charge is 0.476 e. The van der Waals surface area contributed by atoms with Crippen molar-refractivity contribution in [3.05, 3.63) is 32.5 Å². The van der Waals surface area contributed by atoms with Gasteiger partial charge >= 0.3 is 5.97 Å². The fourth-order valence-corrected chi connectivity index (χ4v) is 2.57. The van der Waals surface area contributed by atoms with Crippen LogP contribution >= 0.6 is 45.5 Å². The lowest BCUT2D eigenvalue weighted by atomic mass is 10.2. The summed E-state index contributed by atoms with van der Waals surface area (Å²) in [5.41, 5.74) is 6.24. The molecule has 0 saturated carbocycles. The van der Waals surface area contributed by atoms with Crippen LogP contribution < -0.4 is 5.73 Å². The van der Waals surface area contributed by atoms with E-state index in [0.29, 0.717) is 10.0 Å². The number of carboxylic acid groups (broad SMARTS) is 1. The number of rotatable bonds is 2. The van der Waals surface area contributed by atoms with E-state index in [1.807, 2.05) is 12.1 Å². The van der Waals surface area contributed by atoms with Gasteiger partial charge in [0.05, 0.1) is 5.02 Å². The van der Waals surface area contributed by atoms with Crippen LogP contribution in [0.1, 0.15) is 10.5 Å². The molecule has 88 valence electrons. The van der Waals surface area contributed by atoms with Gasteiger partial charge in [0.15, 0.2) is 5.69 Å². The summed E-state index contributed by atoms with van der Waals surface area (Å²) >= 11 is 9.24. The number of aromatic nitrogens is 1. The molecule has 2 rings (SSSR count). The van der Waals surface area contributed by atoms with Crippen LogP contribution in [0.3, 0.4) is 0 Å². The second-order valence-electron chi connectivity index (χ2n) is 3.17. The highest BCUT2D eigenvalue weighted by atomic mass is 127. The topological polar surface area (TPSA) is 76.2 Å². The van der Waals surface area contributed by atoms with Crippen LogP contribution in [-0.4, -0.2) is 16.1 Å². The zero-order chi connectivity index (χ0) is 12.6. The van der Waals surface area contributed by atoms with Crippen molar-refractivity contribution in [2.24, 2.45) is 0 Å². The van der Waals surface area contributed by atoms with Crippen LogP contribution in [0.2, 0.25) is 5.02 Å². The number of nitrogens with zero attached hydrogens (tertiary/aromatic N) is 1. The molecule has 1 aromatic heterocycles. The zero-order valence-electron chi connectivity index (χ0n) is 8.28. The summed E-state index contributed by atoms with van der Waals surface area (Å²) < 4.78 is 0.927. The first-order valence-corrected chi connectivity index (χ1v) is 6.71. The molecule has 0 spiro atoms. The van der Waals surface area contributed by atoms with Crippen LogP contribution in [-0.2, 0) is 0 Å². The van der Waals surface area contributed by atoms with E-state index in [4.69, 9.17) is 22.4 Å². The number of thiazole rings is 1. The predicted octanol–water partition coefficient (Wildman–Crippen LogP) is 3.35. The van der Waals surface area contributed by atoms with E-state index in [2.05, 4.69) is 27.6 Å². The highest BCUT2D eigenvalue weighted by Crippen LogP contribution is 2.32. The molecule has 0 aliphatic rings. The van der Waals surface area contributed by atoms with Crippen LogP contribution in [0.15, 0.2) is 18.2 Å². The van der Waals surface area contributed by atoms with Crippen molar-refractivity contribution in [1.82, 2.24) is 4.98 Å². The van der Waals surface area contributed by atoms with Crippen LogP contribution in [0.5, 0.6) is 0 Å². The Morgan fingerprint density at radius 1 is 1.53 bits per heavy atom. The minimum Gasteiger partial charge on any atom is -0.476 e. The molecular weight excluding hydrogens is 375 g/mol. The fraction of sp³-hybridized carbons (Fsp3) is 0.